The molecule has 0 saturated carbocycles. The van der Waals surface area contributed by atoms with Gasteiger partial charge in [0.1, 0.15) is 5.41 Å². The smallest absolute Gasteiger partial charge is 0.111 e. The van der Waals surface area contributed by atoms with E-state index in [1.54, 1.807) is 0 Å². The molecular weight excluding hydrogens is 290 g/mol. The van der Waals surface area contributed by atoms with Crippen LogP contribution in [0.1, 0.15) is 23.1 Å². The predicted molar refractivity (Wildman–Crippen MR) is 99.4 cm³/mol. The summed E-state index contributed by atoms with van der Waals surface area (Å²) >= 11 is 0. The topological polar surface area (TPSA) is 23.8 Å². The standard InChI is InChI=1S/C23H19N/c24-19-23(21-14-6-2-7-15-21,22-16-8-3-9-17-22)18-10-13-20-11-4-1-5-12-20/h1-17H,18H2/b13-10+. The highest BCUT2D eigenvalue weighted by Gasteiger charge is 2.33. The second-order valence-electron chi connectivity index (χ2n) is 5.77. The Morgan fingerprint density at radius 3 is 1.62 bits per heavy atom. The number of hydrogen-bond acceptors (Lipinski definition) is 1. The first-order valence-corrected chi connectivity index (χ1v) is 8.09. The number of allylic oxidation sites excluding steroid dienone is 1. The molecule has 1 heteroatoms. The number of rotatable bonds is 5. The van der Waals surface area contributed by atoms with Crippen molar-refractivity contribution in [2.45, 2.75) is 11.8 Å². The van der Waals surface area contributed by atoms with Crippen LogP contribution in [0.2, 0.25) is 0 Å². The average Bonchev–Trinajstić information content (AvgIpc) is 2.68. The molecule has 3 aromatic rings. The van der Waals surface area contributed by atoms with Crippen LogP contribution in [0.3, 0.4) is 0 Å². The summed E-state index contributed by atoms with van der Waals surface area (Å²) < 4.78 is 0. The molecule has 116 valence electrons. The fourth-order valence-corrected chi connectivity index (χ4v) is 2.96. The molecule has 24 heavy (non-hydrogen) atoms. The molecule has 3 rings (SSSR count). The van der Waals surface area contributed by atoms with Gasteiger partial charge in [0.05, 0.1) is 6.07 Å². The molecule has 1 nitrogen and oxygen atoms in total. The maximum atomic E-state index is 10.1. The van der Waals surface area contributed by atoms with Gasteiger partial charge >= 0.3 is 0 Å². The van der Waals surface area contributed by atoms with Crippen LogP contribution >= 0.6 is 0 Å². The highest BCUT2D eigenvalue weighted by molar-refractivity contribution is 5.52. The van der Waals surface area contributed by atoms with Gasteiger partial charge < -0.3 is 0 Å². The van der Waals surface area contributed by atoms with Gasteiger partial charge in [-0.05, 0) is 23.1 Å². The molecule has 0 spiro atoms. The highest BCUT2D eigenvalue weighted by atomic mass is 14.4. The lowest BCUT2D eigenvalue weighted by Gasteiger charge is -2.26. The third-order valence-electron chi connectivity index (χ3n) is 4.26. The molecule has 0 aromatic heterocycles. The molecular formula is C23H19N. The Balaban J connectivity index is 2.00. The molecule has 3 aromatic carbocycles. The molecule has 0 unspecified atom stereocenters. The molecule has 0 amide bonds. The Morgan fingerprint density at radius 1 is 0.708 bits per heavy atom. The van der Waals surface area contributed by atoms with Crippen molar-refractivity contribution in [3.05, 3.63) is 114 Å². The minimum atomic E-state index is -0.673. The Bertz CT molecular complexity index is 788. The first-order valence-electron chi connectivity index (χ1n) is 8.09. The maximum Gasteiger partial charge on any atom is 0.111 e. The van der Waals surface area contributed by atoms with Gasteiger partial charge in [-0.1, -0.05) is 103 Å². The van der Waals surface area contributed by atoms with Crippen molar-refractivity contribution in [2.24, 2.45) is 0 Å². The summed E-state index contributed by atoms with van der Waals surface area (Å²) in [5, 5.41) is 10.1. The van der Waals surface area contributed by atoms with E-state index >= 15 is 0 Å². The quantitative estimate of drug-likeness (QED) is 0.602. The molecule has 0 heterocycles. The van der Waals surface area contributed by atoms with E-state index in [9.17, 15) is 5.26 Å². The summed E-state index contributed by atoms with van der Waals surface area (Å²) in [6, 6.07) is 32.8. The van der Waals surface area contributed by atoms with Gasteiger partial charge in [-0.15, -0.1) is 0 Å². The lowest BCUT2D eigenvalue weighted by molar-refractivity contribution is 0.671. The highest BCUT2D eigenvalue weighted by Crippen LogP contribution is 2.35. The van der Waals surface area contributed by atoms with Crippen LogP contribution in [0, 0.1) is 11.3 Å². The normalized spacial score (nSPS) is 11.3. The van der Waals surface area contributed by atoms with E-state index in [1.165, 1.54) is 0 Å². The summed E-state index contributed by atoms with van der Waals surface area (Å²) in [6.07, 6.45) is 4.81. The van der Waals surface area contributed by atoms with E-state index in [-0.39, 0.29) is 0 Å². The van der Waals surface area contributed by atoms with E-state index in [2.05, 4.69) is 30.4 Å². The Kier molecular flexibility index (Phi) is 4.89. The van der Waals surface area contributed by atoms with Gasteiger partial charge in [-0.25, -0.2) is 0 Å². The second-order valence-corrected chi connectivity index (χ2v) is 5.77. The van der Waals surface area contributed by atoms with Crippen molar-refractivity contribution in [2.75, 3.05) is 0 Å². The van der Waals surface area contributed by atoms with E-state index < -0.39 is 5.41 Å². The second kappa shape index (κ2) is 7.44. The van der Waals surface area contributed by atoms with E-state index in [4.69, 9.17) is 0 Å². The van der Waals surface area contributed by atoms with Crippen LogP contribution in [0.15, 0.2) is 97.1 Å². The van der Waals surface area contributed by atoms with Crippen molar-refractivity contribution >= 4 is 6.08 Å². The van der Waals surface area contributed by atoms with Crippen LogP contribution < -0.4 is 0 Å². The van der Waals surface area contributed by atoms with Crippen LogP contribution in [-0.2, 0) is 5.41 Å². The number of hydrogen-bond donors (Lipinski definition) is 0. The van der Waals surface area contributed by atoms with Gasteiger partial charge in [0, 0.05) is 0 Å². The summed E-state index contributed by atoms with van der Waals surface area (Å²) in [4.78, 5) is 0. The summed E-state index contributed by atoms with van der Waals surface area (Å²) in [5.41, 5.74) is 2.52. The fourth-order valence-electron chi connectivity index (χ4n) is 2.96. The summed E-state index contributed by atoms with van der Waals surface area (Å²) in [7, 11) is 0. The molecule has 0 aliphatic carbocycles. The van der Waals surface area contributed by atoms with E-state index in [0.29, 0.717) is 6.42 Å². The van der Waals surface area contributed by atoms with Gasteiger partial charge in [-0.3, -0.25) is 0 Å². The van der Waals surface area contributed by atoms with Gasteiger partial charge in [-0.2, -0.15) is 5.26 Å². The molecule has 0 atom stereocenters. The fraction of sp³-hybridized carbons (Fsp3) is 0.0870. The zero-order chi connectivity index (χ0) is 16.7. The van der Waals surface area contributed by atoms with Crippen LogP contribution in [-0.4, -0.2) is 0 Å². The number of nitrogens with zero attached hydrogens (tertiary/aromatic N) is 1. The van der Waals surface area contributed by atoms with Crippen LogP contribution in [0.25, 0.3) is 6.08 Å². The van der Waals surface area contributed by atoms with Crippen molar-refractivity contribution in [3.63, 3.8) is 0 Å². The van der Waals surface area contributed by atoms with Crippen LogP contribution in [0.5, 0.6) is 0 Å². The minimum absolute atomic E-state index is 0.631. The lowest BCUT2D eigenvalue weighted by Crippen LogP contribution is -2.25. The van der Waals surface area contributed by atoms with Crippen molar-refractivity contribution in [1.82, 2.24) is 0 Å². The molecule has 0 aliphatic rings. The third-order valence-corrected chi connectivity index (χ3v) is 4.26. The van der Waals surface area contributed by atoms with Crippen LogP contribution in [0.4, 0.5) is 0 Å². The van der Waals surface area contributed by atoms with Gasteiger partial charge in [0.15, 0.2) is 0 Å². The van der Waals surface area contributed by atoms with Crippen molar-refractivity contribution in [1.29, 1.82) is 5.26 Å². The SMILES string of the molecule is N#CC(C/C=C/c1ccccc1)(c1ccccc1)c1ccccc1. The van der Waals surface area contributed by atoms with Crippen molar-refractivity contribution < 1.29 is 0 Å². The Labute approximate surface area is 143 Å². The van der Waals surface area contributed by atoms with Gasteiger partial charge in [0.25, 0.3) is 0 Å². The average molecular weight is 309 g/mol. The molecule has 0 radical (unpaired) electrons. The predicted octanol–water partition coefficient (Wildman–Crippen LogP) is 5.60. The zero-order valence-electron chi connectivity index (χ0n) is 13.5. The molecule has 0 fully saturated rings. The van der Waals surface area contributed by atoms with E-state index in [1.807, 2.05) is 78.9 Å². The summed E-state index contributed by atoms with van der Waals surface area (Å²) in [5.74, 6) is 0. The Hall–Kier alpha value is -3.11. The molecule has 0 N–H and O–H groups in total. The molecule has 0 aliphatic heterocycles. The van der Waals surface area contributed by atoms with Gasteiger partial charge in [0.2, 0.25) is 0 Å². The number of benzene rings is 3. The monoisotopic (exact) mass is 309 g/mol. The first-order chi connectivity index (χ1) is 11.8. The largest absolute Gasteiger partial charge is 0.197 e. The number of nitriles is 1. The third kappa shape index (κ3) is 3.29. The molecule has 0 bridgehead atoms. The first kappa shape index (κ1) is 15.8. The van der Waals surface area contributed by atoms with E-state index in [0.717, 1.165) is 16.7 Å². The molecule has 0 saturated heterocycles. The Morgan fingerprint density at radius 2 is 1.17 bits per heavy atom. The van der Waals surface area contributed by atoms with Crippen molar-refractivity contribution in [3.8, 4) is 6.07 Å². The minimum Gasteiger partial charge on any atom is -0.197 e. The summed E-state index contributed by atoms with van der Waals surface area (Å²) in [6.45, 7) is 0. The zero-order valence-corrected chi connectivity index (χ0v) is 13.5. The maximum absolute atomic E-state index is 10.1. The lowest BCUT2D eigenvalue weighted by atomic mass is 9.73.